The van der Waals surface area contributed by atoms with E-state index in [0.717, 1.165) is 27.7 Å². The highest BCUT2D eigenvalue weighted by molar-refractivity contribution is 7.99. The van der Waals surface area contributed by atoms with Crippen LogP contribution in [0, 0.1) is 13.8 Å². The summed E-state index contributed by atoms with van der Waals surface area (Å²) in [5.74, 6) is 0.766. The molecule has 1 aromatic heterocycles. The fraction of sp³-hybridized carbons (Fsp3) is 0.333. The van der Waals surface area contributed by atoms with Crippen molar-refractivity contribution in [3.63, 3.8) is 0 Å². The van der Waals surface area contributed by atoms with Gasteiger partial charge in [0.05, 0.1) is 0 Å². The average molecular weight is 289 g/mol. The summed E-state index contributed by atoms with van der Waals surface area (Å²) in [7, 11) is 1.95. The van der Waals surface area contributed by atoms with Crippen molar-refractivity contribution in [2.75, 3.05) is 11.1 Å². The lowest BCUT2D eigenvalue weighted by Crippen LogP contribution is -2.13. The predicted octanol–water partition coefficient (Wildman–Crippen LogP) is 3.16. The number of carbonyl (C=O) groups is 1. The summed E-state index contributed by atoms with van der Waals surface area (Å²) >= 11 is 1.59. The third-order valence-corrected chi connectivity index (χ3v) is 4.06. The van der Waals surface area contributed by atoms with Gasteiger partial charge in [-0.15, -0.1) is 0 Å². The van der Waals surface area contributed by atoms with Crippen LogP contribution >= 0.6 is 11.8 Å². The van der Waals surface area contributed by atoms with Crippen molar-refractivity contribution < 1.29 is 4.79 Å². The number of hydrogen-bond acceptors (Lipinski definition) is 3. The largest absolute Gasteiger partial charge is 0.329 e. The van der Waals surface area contributed by atoms with Crippen LogP contribution in [0.2, 0.25) is 0 Å². The Labute approximate surface area is 123 Å². The molecule has 5 heteroatoms. The van der Waals surface area contributed by atoms with Crippen molar-refractivity contribution in [1.29, 1.82) is 0 Å². The molecule has 0 aliphatic rings. The molecule has 0 saturated carbocycles. The van der Waals surface area contributed by atoms with Gasteiger partial charge in [-0.3, -0.25) is 4.79 Å². The molecular formula is C15H19N3OS. The Morgan fingerprint density at radius 2 is 2.20 bits per heavy atom. The highest BCUT2D eigenvalue weighted by atomic mass is 32.2. The smallest absolute Gasteiger partial charge is 0.225 e. The number of thioether (sulfide) groups is 1. The van der Waals surface area contributed by atoms with E-state index in [9.17, 15) is 4.79 Å². The first kappa shape index (κ1) is 14.7. The molecule has 1 heterocycles. The predicted molar refractivity (Wildman–Crippen MR) is 83.1 cm³/mol. The van der Waals surface area contributed by atoms with Gasteiger partial charge < -0.3 is 9.88 Å². The second kappa shape index (κ2) is 6.61. The number of anilines is 1. The summed E-state index contributed by atoms with van der Waals surface area (Å²) < 4.78 is 1.95. The molecule has 0 aliphatic carbocycles. The molecule has 1 N–H and O–H groups in total. The summed E-state index contributed by atoms with van der Waals surface area (Å²) in [6, 6.07) is 6.06. The van der Waals surface area contributed by atoms with Crippen LogP contribution in [-0.2, 0) is 11.8 Å². The molecule has 0 atom stereocenters. The maximum absolute atomic E-state index is 11.9. The lowest BCUT2D eigenvalue weighted by Gasteiger charge is -2.09. The number of nitrogens with zero attached hydrogens (tertiary/aromatic N) is 2. The summed E-state index contributed by atoms with van der Waals surface area (Å²) in [6.45, 7) is 4.02. The first-order chi connectivity index (χ1) is 9.56. The van der Waals surface area contributed by atoms with Crippen LogP contribution < -0.4 is 5.32 Å². The zero-order valence-corrected chi connectivity index (χ0v) is 12.8. The molecule has 0 spiro atoms. The van der Waals surface area contributed by atoms with Gasteiger partial charge in [-0.05, 0) is 31.0 Å². The van der Waals surface area contributed by atoms with Gasteiger partial charge in [-0.1, -0.05) is 23.9 Å². The van der Waals surface area contributed by atoms with Gasteiger partial charge >= 0.3 is 0 Å². The Hall–Kier alpha value is -1.75. The Balaban J connectivity index is 1.84. The van der Waals surface area contributed by atoms with Crippen LogP contribution in [0.1, 0.15) is 17.5 Å². The molecule has 106 valence electrons. The second-order valence-corrected chi connectivity index (χ2v) is 5.85. The van der Waals surface area contributed by atoms with Gasteiger partial charge in [-0.2, -0.15) is 0 Å². The van der Waals surface area contributed by atoms with E-state index in [1.54, 1.807) is 18.0 Å². The third-order valence-electron chi connectivity index (χ3n) is 3.00. The number of amides is 1. The highest BCUT2D eigenvalue weighted by Crippen LogP contribution is 2.18. The van der Waals surface area contributed by atoms with Crippen molar-refractivity contribution in [2.45, 2.75) is 25.4 Å². The van der Waals surface area contributed by atoms with Crippen molar-refractivity contribution in [1.82, 2.24) is 9.55 Å². The van der Waals surface area contributed by atoms with E-state index >= 15 is 0 Å². The monoisotopic (exact) mass is 289 g/mol. The summed E-state index contributed by atoms with van der Waals surface area (Å²) in [4.78, 5) is 16.2. The minimum atomic E-state index is 0.0420. The van der Waals surface area contributed by atoms with Crippen LogP contribution in [0.15, 0.2) is 35.7 Å². The second-order valence-electron chi connectivity index (χ2n) is 4.79. The highest BCUT2D eigenvalue weighted by Gasteiger charge is 2.06. The van der Waals surface area contributed by atoms with Gasteiger partial charge in [-0.25, -0.2) is 4.98 Å². The van der Waals surface area contributed by atoms with Crippen LogP contribution in [-0.4, -0.2) is 21.2 Å². The number of aromatic nitrogens is 2. The Kier molecular flexibility index (Phi) is 4.84. The number of nitrogens with one attached hydrogen (secondary N) is 1. The number of carbonyl (C=O) groups excluding carboxylic acids is 1. The zero-order chi connectivity index (χ0) is 14.5. The van der Waals surface area contributed by atoms with Crippen LogP contribution in [0.3, 0.4) is 0 Å². The van der Waals surface area contributed by atoms with Crippen LogP contribution in [0.4, 0.5) is 5.69 Å². The van der Waals surface area contributed by atoms with Crippen molar-refractivity contribution in [3.05, 3.63) is 41.7 Å². The molecule has 20 heavy (non-hydrogen) atoms. The van der Waals surface area contributed by atoms with Crippen molar-refractivity contribution in [3.8, 4) is 0 Å². The molecule has 0 unspecified atom stereocenters. The van der Waals surface area contributed by atoms with Crippen molar-refractivity contribution >= 4 is 23.4 Å². The normalized spacial score (nSPS) is 10.6. The quantitative estimate of drug-likeness (QED) is 0.860. The molecule has 0 fully saturated rings. The van der Waals surface area contributed by atoms with E-state index in [1.807, 2.05) is 49.9 Å². The van der Waals surface area contributed by atoms with Crippen LogP contribution in [0.5, 0.6) is 0 Å². The van der Waals surface area contributed by atoms with Gasteiger partial charge in [0, 0.05) is 37.3 Å². The molecular weight excluding hydrogens is 270 g/mol. The number of imidazole rings is 1. The van der Waals surface area contributed by atoms with E-state index in [1.165, 1.54) is 0 Å². The lowest BCUT2D eigenvalue weighted by atomic mass is 10.1. The molecule has 0 aliphatic heterocycles. The van der Waals surface area contributed by atoms with E-state index in [4.69, 9.17) is 0 Å². The molecule has 1 aromatic carbocycles. The maximum Gasteiger partial charge on any atom is 0.225 e. The van der Waals surface area contributed by atoms with Crippen LogP contribution in [0.25, 0.3) is 0 Å². The topological polar surface area (TPSA) is 46.9 Å². The van der Waals surface area contributed by atoms with Gasteiger partial charge in [0.2, 0.25) is 5.91 Å². The van der Waals surface area contributed by atoms with Gasteiger partial charge in [0.15, 0.2) is 5.16 Å². The number of rotatable bonds is 5. The summed E-state index contributed by atoms with van der Waals surface area (Å²) in [5.41, 5.74) is 3.13. The Morgan fingerprint density at radius 1 is 1.40 bits per heavy atom. The van der Waals surface area contributed by atoms with E-state index < -0.39 is 0 Å². The molecule has 0 saturated heterocycles. The van der Waals surface area contributed by atoms with Gasteiger partial charge in [0.25, 0.3) is 0 Å². The zero-order valence-electron chi connectivity index (χ0n) is 12.0. The van der Waals surface area contributed by atoms with Gasteiger partial charge in [0.1, 0.15) is 0 Å². The summed E-state index contributed by atoms with van der Waals surface area (Å²) in [5, 5.41) is 3.90. The van der Waals surface area contributed by atoms with Crippen molar-refractivity contribution in [2.24, 2.45) is 7.05 Å². The molecule has 0 bridgehead atoms. The third kappa shape index (κ3) is 3.87. The average Bonchev–Trinajstić information content (AvgIpc) is 2.80. The van der Waals surface area contributed by atoms with E-state index in [-0.39, 0.29) is 5.91 Å². The SMILES string of the molecule is Cc1ccc(C)c(NC(=O)CCSc2nccn2C)c1. The summed E-state index contributed by atoms with van der Waals surface area (Å²) in [6.07, 6.45) is 4.14. The molecule has 4 nitrogen and oxygen atoms in total. The first-order valence-corrected chi connectivity index (χ1v) is 7.52. The molecule has 0 radical (unpaired) electrons. The minimum Gasteiger partial charge on any atom is -0.329 e. The minimum absolute atomic E-state index is 0.0420. The number of hydrogen-bond donors (Lipinski definition) is 1. The Morgan fingerprint density at radius 3 is 2.90 bits per heavy atom. The fourth-order valence-electron chi connectivity index (χ4n) is 1.81. The molecule has 2 aromatic rings. The number of benzene rings is 1. The van der Waals surface area contributed by atoms with E-state index in [2.05, 4.69) is 10.3 Å². The maximum atomic E-state index is 11.9. The fourth-order valence-corrected chi connectivity index (χ4v) is 2.68. The van der Waals surface area contributed by atoms with E-state index in [0.29, 0.717) is 6.42 Å². The standard InChI is InChI=1S/C15H19N3OS/c1-11-4-5-12(2)13(10-11)17-14(19)6-9-20-15-16-7-8-18(15)3/h4-5,7-8,10H,6,9H2,1-3H3,(H,17,19). The number of aryl methyl sites for hydroxylation is 3. The molecule has 2 rings (SSSR count). The Bertz CT molecular complexity index is 607. The lowest BCUT2D eigenvalue weighted by molar-refractivity contribution is -0.115. The first-order valence-electron chi connectivity index (χ1n) is 6.53. The molecule has 1 amide bonds.